The maximum atomic E-state index is 12.6. The third-order valence-electron chi connectivity index (χ3n) is 4.07. The van der Waals surface area contributed by atoms with Gasteiger partial charge in [0.05, 0.1) is 0 Å². The quantitative estimate of drug-likeness (QED) is 0.777. The number of hydrogen-bond donors (Lipinski definition) is 2. The van der Waals surface area contributed by atoms with Gasteiger partial charge in [0.2, 0.25) is 11.8 Å². The molecule has 0 aliphatic carbocycles. The maximum Gasteiger partial charge on any atom is 0.226 e. The summed E-state index contributed by atoms with van der Waals surface area (Å²) in [7, 11) is 0. The molecule has 1 aliphatic rings. The first-order valence-electron chi connectivity index (χ1n) is 7.39. The highest BCUT2D eigenvalue weighted by Crippen LogP contribution is 2.20. The van der Waals surface area contributed by atoms with Gasteiger partial charge in [-0.2, -0.15) is 0 Å². The highest BCUT2D eigenvalue weighted by molar-refractivity contribution is 5.80. The van der Waals surface area contributed by atoms with Crippen LogP contribution in [0.1, 0.15) is 18.9 Å². The number of amides is 2. The molecule has 2 amide bonds. The Hall–Kier alpha value is -1.88. The molecule has 1 heterocycles. The topological polar surface area (TPSA) is 75.4 Å². The molecule has 114 valence electrons. The van der Waals surface area contributed by atoms with Crippen LogP contribution >= 0.6 is 0 Å². The lowest BCUT2D eigenvalue weighted by molar-refractivity contribution is -0.138. The Balaban J connectivity index is 2.03. The highest BCUT2D eigenvalue weighted by atomic mass is 16.2. The molecule has 3 N–H and O–H groups in total. The number of carbonyl (C=O) groups is 2. The number of nitrogens with two attached hydrogens (primary N) is 1. The molecule has 2 rings (SSSR count). The van der Waals surface area contributed by atoms with E-state index in [-0.39, 0.29) is 24.2 Å². The standard InChI is InChI=1S/C16H23N3O2/c1-12(14-9-18-10-14)16(21)19(8-7-15(17)20)11-13-5-3-2-4-6-13/h2-6,12,14,18H,7-11H2,1H3,(H2,17,20). The molecule has 1 aromatic carbocycles. The van der Waals surface area contributed by atoms with Crippen LogP contribution in [-0.4, -0.2) is 36.3 Å². The van der Waals surface area contributed by atoms with Crippen LogP contribution in [0.15, 0.2) is 30.3 Å². The van der Waals surface area contributed by atoms with Gasteiger partial charge in [0.25, 0.3) is 0 Å². The molecule has 1 unspecified atom stereocenters. The zero-order valence-corrected chi connectivity index (χ0v) is 12.4. The van der Waals surface area contributed by atoms with Crippen molar-refractivity contribution in [2.24, 2.45) is 17.6 Å². The van der Waals surface area contributed by atoms with Crippen molar-refractivity contribution in [3.8, 4) is 0 Å². The van der Waals surface area contributed by atoms with Crippen LogP contribution in [0.4, 0.5) is 0 Å². The van der Waals surface area contributed by atoms with Crippen LogP contribution in [0.2, 0.25) is 0 Å². The Morgan fingerprint density at radius 2 is 2.00 bits per heavy atom. The van der Waals surface area contributed by atoms with Gasteiger partial charge in [-0.1, -0.05) is 37.3 Å². The molecule has 1 aromatic rings. The summed E-state index contributed by atoms with van der Waals surface area (Å²) >= 11 is 0. The van der Waals surface area contributed by atoms with Crippen molar-refractivity contribution >= 4 is 11.8 Å². The minimum atomic E-state index is -0.376. The van der Waals surface area contributed by atoms with Gasteiger partial charge in [0, 0.05) is 25.4 Å². The molecule has 21 heavy (non-hydrogen) atoms. The zero-order chi connectivity index (χ0) is 15.2. The molecule has 0 spiro atoms. The summed E-state index contributed by atoms with van der Waals surface area (Å²) in [4.78, 5) is 25.4. The summed E-state index contributed by atoms with van der Waals surface area (Å²) in [5.41, 5.74) is 6.28. The predicted octanol–water partition coefficient (Wildman–Crippen LogP) is 0.746. The second kappa shape index (κ2) is 7.22. The summed E-state index contributed by atoms with van der Waals surface area (Å²) in [5, 5.41) is 3.19. The SMILES string of the molecule is CC(C(=O)N(CCC(N)=O)Cc1ccccc1)C1CNC1. The number of benzene rings is 1. The average Bonchev–Trinajstić information content (AvgIpc) is 2.41. The molecule has 1 fully saturated rings. The van der Waals surface area contributed by atoms with Crippen molar-refractivity contribution in [1.82, 2.24) is 10.2 Å². The van der Waals surface area contributed by atoms with E-state index in [1.54, 1.807) is 4.90 Å². The van der Waals surface area contributed by atoms with E-state index < -0.39 is 0 Å². The highest BCUT2D eigenvalue weighted by Gasteiger charge is 2.31. The van der Waals surface area contributed by atoms with Crippen LogP contribution < -0.4 is 11.1 Å². The van der Waals surface area contributed by atoms with Crippen LogP contribution in [0.5, 0.6) is 0 Å². The summed E-state index contributed by atoms with van der Waals surface area (Å²) < 4.78 is 0. The molecule has 0 radical (unpaired) electrons. The lowest BCUT2D eigenvalue weighted by atomic mass is 9.88. The van der Waals surface area contributed by atoms with Gasteiger partial charge in [0.1, 0.15) is 0 Å². The van der Waals surface area contributed by atoms with E-state index in [1.807, 2.05) is 37.3 Å². The fourth-order valence-electron chi connectivity index (χ4n) is 2.47. The monoisotopic (exact) mass is 289 g/mol. The molecule has 1 atom stereocenters. The Bertz CT molecular complexity index is 486. The molecule has 1 saturated heterocycles. The van der Waals surface area contributed by atoms with Gasteiger partial charge < -0.3 is 16.0 Å². The summed E-state index contributed by atoms with van der Waals surface area (Å²) in [6, 6.07) is 9.82. The molecular formula is C16H23N3O2. The second-order valence-corrected chi connectivity index (χ2v) is 5.67. The minimum absolute atomic E-state index is 0.0251. The van der Waals surface area contributed by atoms with Gasteiger partial charge in [-0.25, -0.2) is 0 Å². The first kappa shape index (κ1) is 15.5. The zero-order valence-electron chi connectivity index (χ0n) is 12.4. The fourth-order valence-corrected chi connectivity index (χ4v) is 2.47. The summed E-state index contributed by atoms with van der Waals surface area (Å²) in [6.07, 6.45) is 0.203. The van der Waals surface area contributed by atoms with E-state index in [0.717, 1.165) is 18.7 Å². The van der Waals surface area contributed by atoms with Gasteiger partial charge >= 0.3 is 0 Å². The normalized spacial score (nSPS) is 16.0. The van der Waals surface area contributed by atoms with Gasteiger partial charge in [-0.3, -0.25) is 9.59 Å². The van der Waals surface area contributed by atoms with E-state index >= 15 is 0 Å². The van der Waals surface area contributed by atoms with Crippen molar-refractivity contribution in [3.05, 3.63) is 35.9 Å². The van der Waals surface area contributed by atoms with E-state index in [1.165, 1.54) is 0 Å². The van der Waals surface area contributed by atoms with Crippen molar-refractivity contribution < 1.29 is 9.59 Å². The van der Waals surface area contributed by atoms with E-state index in [2.05, 4.69) is 5.32 Å². The van der Waals surface area contributed by atoms with E-state index in [0.29, 0.717) is 19.0 Å². The van der Waals surface area contributed by atoms with Gasteiger partial charge in [-0.15, -0.1) is 0 Å². The lowest BCUT2D eigenvalue weighted by Gasteiger charge is -2.35. The van der Waals surface area contributed by atoms with Crippen LogP contribution in [-0.2, 0) is 16.1 Å². The van der Waals surface area contributed by atoms with Crippen LogP contribution in [0.3, 0.4) is 0 Å². The first-order chi connectivity index (χ1) is 10.1. The van der Waals surface area contributed by atoms with Gasteiger partial charge in [0.15, 0.2) is 0 Å². The van der Waals surface area contributed by atoms with Crippen molar-refractivity contribution in [2.75, 3.05) is 19.6 Å². The van der Waals surface area contributed by atoms with Gasteiger partial charge in [-0.05, 0) is 24.6 Å². The Morgan fingerprint density at radius 3 is 2.52 bits per heavy atom. The van der Waals surface area contributed by atoms with Crippen molar-refractivity contribution in [3.63, 3.8) is 0 Å². The Labute approximate surface area is 125 Å². The molecule has 0 saturated carbocycles. The number of nitrogens with zero attached hydrogens (tertiary/aromatic N) is 1. The van der Waals surface area contributed by atoms with Crippen molar-refractivity contribution in [1.29, 1.82) is 0 Å². The molecule has 0 bridgehead atoms. The molecule has 0 aromatic heterocycles. The van der Waals surface area contributed by atoms with Crippen molar-refractivity contribution in [2.45, 2.75) is 19.9 Å². The average molecular weight is 289 g/mol. The lowest BCUT2D eigenvalue weighted by Crippen LogP contribution is -2.50. The smallest absolute Gasteiger partial charge is 0.226 e. The number of carbonyl (C=O) groups excluding carboxylic acids is 2. The Kier molecular flexibility index (Phi) is 5.33. The predicted molar refractivity (Wildman–Crippen MR) is 81.2 cm³/mol. The molecule has 1 aliphatic heterocycles. The molecular weight excluding hydrogens is 266 g/mol. The third kappa shape index (κ3) is 4.29. The van der Waals surface area contributed by atoms with E-state index in [4.69, 9.17) is 5.73 Å². The van der Waals surface area contributed by atoms with Crippen LogP contribution in [0, 0.1) is 11.8 Å². The van der Waals surface area contributed by atoms with E-state index in [9.17, 15) is 9.59 Å². The number of nitrogens with one attached hydrogen (secondary N) is 1. The minimum Gasteiger partial charge on any atom is -0.370 e. The maximum absolute atomic E-state index is 12.6. The second-order valence-electron chi connectivity index (χ2n) is 5.67. The fraction of sp³-hybridized carbons (Fsp3) is 0.500. The Morgan fingerprint density at radius 1 is 1.33 bits per heavy atom. The summed E-state index contributed by atoms with van der Waals surface area (Å²) in [5.74, 6) is 0.0950. The summed E-state index contributed by atoms with van der Waals surface area (Å²) in [6.45, 7) is 4.66. The largest absolute Gasteiger partial charge is 0.370 e. The molecule has 5 heteroatoms. The van der Waals surface area contributed by atoms with Crippen LogP contribution in [0.25, 0.3) is 0 Å². The number of primary amides is 1. The third-order valence-corrected chi connectivity index (χ3v) is 4.07. The number of rotatable bonds is 7. The number of hydrogen-bond acceptors (Lipinski definition) is 3. The molecule has 5 nitrogen and oxygen atoms in total. The first-order valence-corrected chi connectivity index (χ1v) is 7.39.